The largest absolute Gasteiger partial charge is 0.468 e. The van der Waals surface area contributed by atoms with E-state index in [1.165, 1.54) is 4.88 Å². The summed E-state index contributed by atoms with van der Waals surface area (Å²) in [5.74, 6) is 6.29. The van der Waals surface area contributed by atoms with Gasteiger partial charge in [-0.05, 0) is 18.7 Å². The summed E-state index contributed by atoms with van der Waals surface area (Å²) in [7, 11) is 0. The number of anilines is 1. The highest BCUT2D eigenvalue weighted by Gasteiger charge is 2.09. The van der Waals surface area contributed by atoms with Gasteiger partial charge in [-0.3, -0.25) is 10.3 Å². The van der Waals surface area contributed by atoms with Crippen LogP contribution in [0.2, 0.25) is 0 Å². The summed E-state index contributed by atoms with van der Waals surface area (Å²) in [6.07, 6.45) is 3.55. The van der Waals surface area contributed by atoms with Crippen molar-refractivity contribution in [3.63, 3.8) is 0 Å². The Morgan fingerprint density at radius 3 is 3.00 bits per heavy atom. The molecule has 0 bridgehead atoms. The summed E-state index contributed by atoms with van der Waals surface area (Å²) in [5, 5.41) is 0.744. The van der Waals surface area contributed by atoms with Gasteiger partial charge in [0.1, 0.15) is 5.76 Å². The number of hydrogen-bond donors (Lipinski definition) is 2. The molecule has 0 saturated carbocycles. The zero-order valence-corrected chi connectivity index (χ0v) is 10.5. The van der Waals surface area contributed by atoms with Gasteiger partial charge >= 0.3 is 0 Å². The summed E-state index contributed by atoms with van der Waals surface area (Å²) in [6.45, 7) is 4.76. The highest BCUT2D eigenvalue weighted by Crippen LogP contribution is 2.19. The molecule has 6 heteroatoms. The SMILES string of the molecule is CCN(Cc1ccco1)Cc1cnc(NN)s1. The first kappa shape index (κ1) is 12.1. The normalized spacial score (nSPS) is 11.0. The molecule has 92 valence electrons. The van der Waals surface area contributed by atoms with E-state index < -0.39 is 0 Å². The number of nitrogens with two attached hydrogens (primary N) is 1. The molecule has 0 aliphatic heterocycles. The molecule has 0 fully saturated rings. The maximum absolute atomic E-state index is 5.34. The first-order chi connectivity index (χ1) is 8.31. The van der Waals surface area contributed by atoms with Gasteiger partial charge in [-0.1, -0.05) is 18.3 Å². The van der Waals surface area contributed by atoms with Crippen molar-refractivity contribution < 1.29 is 4.42 Å². The predicted molar refractivity (Wildman–Crippen MR) is 68.4 cm³/mol. The molecule has 0 atom stereocenters. The molecule has 0 aromatic carbocycles. The lowest BCUT2D eigenvalue weighted by Crippen LogP contribution is -2.21. The number of rotatable bonds is 6. The standard InChI is InChI=1S/C11H16N4OS/c1-2-15(7-9-4-3-5-16-9)8-10-6-13-11(14-12)17-10/h3-6H,2,7-8,12H2,1H3,(H,13,14). The van der Waals surface area contributed by atoms with Crippen LogP contribution in [0.15, 0.2) is 29.0 Å². The second-order valence-corrected chi connectivity index (χ2v) is 4.77. The zero-order valence-electron chi connectivity index (χ0n) is 9.72. The van der Waals surface area contributed by atoms with E-state index in [9.17, 15) is 0 Å². The third kappa shape index (κ3) is 3.29. The molecule has 0 unspecified atom stereocenters. The van der Waals surface area contributed by atoms with Crippen LogP contribution in [0, 0.1) is 0 Å². The van der Waals surface area contributed by atoms with Crippen LogP contribution in [-0.4, -0.2) is 16.4 Å². The van der Waals surface area contributed by atoms with Crippen LogP contribution < -0.4 is 11.3 Å². The van der Waals surface area contributed by atoms with E-state index in [1.54, 1.807) is 17.6 Å². The average Bonchev–Trinajstić information content (AvgIpc) is 2.99. The van der Waals surface area contributed by atoms with Gasteiger partial charge in [-0.15, -0.1) is 0 Å². The minimum Gasteiger partial charge on any atom is -0.468 e. The van der Waals surface area contributed by atoms with Gasteiger partial charge in [-0.2, -0.15) is 0 Å². The minimum absolute atomic E-state index is 0.744. The summed E-state index contributed by atoms with van der Waals surface area (Å²) in [4.78, 5) is 7.62. The van der Waals surface area contributed by atoms with Crippen molar-refractivity contribution in [2.24, 2.45) is 5.84 Å². The Bertz CT molecular complexity index is 440. The van der Waals surface area contributed by atoms with Crippen LogP contribution >= 0.6 is 11.3 Å². The van der Waals surface area contributed by atoms with Crippen molar-refractivity contribution in [1.82, 2.24) is 9.88 Å². The van der Waals surface area contributed by atoms with Gasteiger partial charge in [0.2, 0.25) is 0 Å². The second-order valence-electron chi connectivity index (χ2n) is 3.66. The van der Waals surface area contributed by atoms with Gasteiger partial charge in [0.25, 0.3) is 0 Å². The van der Waals surface area contributed by atoms with E-state index in [-0.39, 0.29) is 0 Å². The summed E-state index contributed by atoms with van der Waals surface area (Å²) in [6, 6.07) is 3.90. The molecule has 0 saturated heterocycles. The topological polar surface area (TPSA) is 67.3 Å². The zero-order chi connectivity index (χ0) is 12.1. The van der Waals surface area contributed by atoms with E-state index in [0.717, 1.165) is 30.5 Å². The van der Waals surface area contributed by atoms with Crippen LogP contribution in [0.3, 0.4) is 0 Å². The molecule has 17 heavy (non-hydrogen) atoms. The van der Waals surface area contributed by atoms with Crippen LogP contribution in [0.5, 0.6) is 0 Å². The Morgan fingerprint density at radius 1 is 1.53 bits per heavy atom. The molecule has 0 amide bonds. The summed E-state index contributed by atoms with van der Waals surface area (Å²) in [5.41, 5.74) is 2.55. The Balaban J connectivity index is 1.95. The van der Waals surface area contributed by atoms with Gasteiger partial charge in [0, 0.05) is 17.6 Å². The Hall–Kier alpha value is -1.37. The van der Waals surface area contributed by atoms with Crippen LogP contribution in [0.4, 0.5) is 5.13 Å². The number of thiazole rings is 1. The monoisotopic (exact) mass is 252 g/mol. The molecule has 5 nitrogen and oxygen atoms in total. The van der Waals surface area contributed by atoms with Crippen LogP contribution in [-0.2, 0) is 13.1 Å². The number of aromatic nitrogens is 1. The third-order valence-electron chi connectivity index (χ3n) is 2.46. The summed E-state index contributed by atoms with van der Waals surface area (Å²) < 4.78 is 5.34. The minimum atomic E-state index is 0.744. The lowest BCUT2D eigenvalue weighted by atomic mass is 10.3. The molecule has 2 heterocycles. The lowest BCUT2D eigenvalue weighted by Gasteiger charge is -2.17. The van der Waals surface area contributed by atoms with Crippen LogP contribution in [0.25, 0.3) is 0 Å². The van der Waals surface area contributed by atoms with Gasteiger partial charge in [0.15, 0.2) is 5.13 Å². The van der Waals surface area contributed by atoms with E-state index in [0.29, 0.717) is 0 Å². The van der Waals surface area contributed by atoms with Crippen molar-refractivity contribution in [3.8, 4) is 0 Å². The van der Waals surface area contributed by atoms with E-state index in [2.05, 4.69) is 22.2 Å². The van der Waals surface area contributed by atoms with Crippen LogP contribution in [0.1, 0.15) is 17.6 Å². The predicted octanol–water partition coefficient (Wildman–Crippen LogP) is 2.04. The Kier molecular flexibility index (Phi) is 4.13. The van der Waals surface area contributed by atoms with Crippen molar-refractivity contribution in [1.29, 1.82) is 0 Å². The molecule has 3 N–H and O–H groups in total. The fourth-order valence-corrected chi connectivity index (χ4v) is 2.34. The molecular weight excluding hydrogens is 236 g/mol. The lowest BCUT2D eigenvalue weighted by molar-refractivity contribution is 0.249. The van der Waals surface area contributed by atoms with E-state index >= 15 is 0 Å². The average molecular weight is 252 g/mol. The van der Waals surface area contributed by atoms with Crippen molar-refractivity contribution in [2.75, 3.05) is 12.0 Å². The van der Waals surface area contributed by atoms with Crippen molar-refractivity contribution in [3.05, 3.63) is 35.2 Å². The first-order valence-corrected chi connectivity index (χ1v) is 6.29. The number of hydrogen-bond acceptors (Lipinski definition) is 6. The Labute approximate surface area is 104 Å². The molecule has 2 aromatic heterocycles. The molecular formula is C11H16N4OS. The van der Waals surface area contributed by atoms with Crippen molar-refractivity contribution >= 4 is 16.5 Å². The number of furan rings is 1. The third-order valence-corrected chi connectivity index (χ3v) is 3.38. The molecule has 0 spiro atoms. The maximum atomic E-state index is 5.34. The number of nitrogen functional groups attached to an aromatic ring is 1. The highest BCUT2D eigenvalue weighted by atomic mass is 32.1. The Morgan fingerprint density at radius 2 is 2.41 bits per heavy atom. The fraction of sp³-hybridized carbons (Fsp3) is 0.364. The maximum Gasteiger partial charge on any atom is 0.197 e. The molecule has 0 aliphatic rings. The van der Waals surface area contributed by atoms with Gasteiger partial charge in [-0.25, -0.2) is 10.8 Å². The molecule has 0 radical (unpaired) electrons. The van der Waals surface area contributed by atoms with Gasteiger partial charge < -0.3 is 4.42 Å². The summed E-state index contributed by atoms with van der Waals surface area (Å²) >= 11 is 1.57. The number of nitrogens with zero attached hydrogens (tertiary/aromatic N) is 2. The number of hydrazine groups is 1. The number of nitrogens with one attached hydrogen (secondary N) is 1. The fourth-order valence-electron chi connectivity index (χ4n) is 1.57. The second kappa shape index (κ2) is 5.81. The molecule has 0 aliphatic carbocycles. The van der Waals surface area contributed by atoms with Gasteiger partial charge in [0.05, 0.1) is 12.8 Å². The quantitative estimate of drug-likeness (QED) is 0.608. The van der Waals surface area contributed by atoms with Crippen molar-refractivity contribution in [2.45, 2.75) is 20.0 Å². The first-order valence-electron chi connectivity index (χ1n) is 5.48. The molecule has 2 rings (SSSR count). The smallest absolute Gasteiger partial charge is 0.197 e. The highest BCUT2D eigenvalue weighted by molar-refractivity contribution is 7.15. The van der Waals surface area contributed by atoms with E-state index in [4.69, 9.17) is 10.3 Å². The molecule has 2 aromatic rings. The van der Waals surface area contributed by atoms with E-state index in [1.807, 2.05) is 18.3 Å².